The van der Waals surface area contributed by atoms with Crippen molar-refractivity contribution < 1.29 is 9.59 Å². The fraction of sp³-hybridized carbons (Fsp3) is 0.240. The minimum Gasteiger partial charge on any atom is -0.349 e. The summed E-state index contributed by atoms with van der Waals surface area (Å²) in [5, 5.41) is 8.11. The van der Waals surface area contributed by atoms with Crippen LogP contribution in [0.1, 0.15) is 39.4 Å². The van der Waals surface area contributed by atoms with Gasteiger partial charge in [-0.3, -0.25) is 14.0 Å². The Balaban J connectivity index is 1.31. The Morgan fingerprint density at radius 1 is 1.09 bits per heavy atom. The first-order valence-corrected chi connectivity index (χ1v) is 11.7. The number of imidazole rings is 1. The molecule has 0 aliphatic heterocycles. The summed E-state index contributed by atoms with van der Waals surface area (Å²) >= 11 is 1.50. The van der Waals surface area contributed by atoms with Gasteiger partial charge in [-0.25, -0.2) is 4.98 Å². The molecule has 1 aliphatic rings. The van der Waals surface area contributed by atoms with Gasteiger partial charge in [-0.2, -0.15) is 0 Å². The van der Waals surface area contributed by atoms with Crippen LogP contribution in [-0.2, 0) is 0 Å². The molecule has 32 heavy (non-hydrogen) atoms. The largest absolute Gasteiger partial charge is 0.349 e. The second-order valence-corrected chi connectivity index (χ2v) is 9.01. The highest BCUT2D eigenvalue weighted by Crippen LogP contribution is 2.33. The maximum atomic E-state index is 13.2. The van der Waals surface area contributed by atoms with Crippen LogP contribution >= 0.6 is 11.3 Å². The number of thiazole rings is 1. The lowest BCUT2D eigenvalue weighted by Gasteiger charge is -2.20. The molecule has 7 heteroatoms. The molecule has 4 aromatic rings. The van der Waals surface area contributed by atoms with Crippen LogP contribution < -0.4 is 10.6 Å². The molecule has 1 atom stereocenters. The summed E-state index contributed by atoms with van der Waals surface area (Å²) in [6, 6.07) is 17.4. The number of carbonyl (C=O) groups is 2. The van der Waals surface area contributed by atoms with E-state index in [1.165, 1.54) is 11.3 Å². The van der Waals surface area contributed by atoms with Gasteiger partial charge in [0.2, 0.25) is 0 Å². The molecule has 0 saturated heterocycles. The van der Waals surface area contributed by atoms with Crippen molar-refractivity contribution in [1.29, 1.82) is 0 Å². The third-order valence-electron chi connectivity index (χ3n) is 5.90. The molecule has 6 nitrogen and oxygen atoms in total. The predicted octanol–water partition coefficient (Wildman–Crippen LogP) is 4.31. The third kappa shape index (κ3) is 4.03. The molecule has 5 rings (SSSR count). The number of amides is 2. The quantitative estimate of drug-likeness (QED) is 0.446. The number of aromatic nitrogens is 2. The maximum absolute atomic E-state index is 13.2. The van der Waals surface area contributed by atoms with Crippen LogP contribution in [0.5, 0.6) is 0 Å². The van der Waals surface area contributed by atoms with E-state index >= 15 is 0 Å². The molecular formula is C25H24N4O2S. The van der Waals surface area contributed by atoms with Gasteiger partial charge in [0.05, 0.1) is 5.69 Å². The average Bonchev–Trinajstić information content (AvgIpc) is 3.49. The van der Waals surface area contributed by atoms with Crippen molar-refractivity contribution >= 4 is 28.1 Å². The zero-order chi connectivity index (χ0) is 22.1. The Morgan fingerprint density at radius 2 is 1.84 bits per heavy atom. The molecule has 1 aliphatic carbocycles. The Kier molecular flexibility index (Phi) is 5.49. The maximum Gasteiger partial charge on any atom is 0.270 e. The fourth-order valence-electron chi connectivity index (χ4n) is 4.08. The van der Waals surface area contributed by atoms with Crippen LogP contribution in [0.15, 0.2) is 66.2 Å². The molecule has 2 aromatic heterocycles. The van der Waals surface area contributed by atoms with E-state index < -0.39 is 0 Å². The number of fused-ring (bicyclic) bond motifs is 1. The number of nitrogens with one attached hydrogen (secondary N) is 2. The molecule has 2 amide bonds. The van der Waals surface area contributed by atoms with E-state index in [0.29, 0.717) is 29.4 Å². The summed E-state index contributed by atoms with van der Waals surface area (Å²) in [5.41, 5.74) is 3.81. The number of rotatable bonds is 7. The first kappa shape index (κ1) is 20.5. The van der Waals surface area contributed by atoms with Crippen molar-refractivity contribution in [3.63, 3.8) is 0 Å². The van der Waals surface area contributed by atoms with E-state index in [2.05, 4.69) is 15.6 Å². The van der Waals surface area contributed by atoms with Gasteiger partial charge in [0.25, 0.3) is 11.8 Å². The van der Waals surface area contributed by atoms with E-state index in [1.807, 2.05) is 77.5 Å². The highest BCUT2D eigenvalue weighted by Gasteiger charge is 2.33. The van der Waals surface area contributed by atoms with Gasteiger partial charge in [0.1, 0.15) is 5.69 Å². The smallest absolute Gasteiger partial charge is 0.270 e. The zero-order valence-corrected chi connectivity index (χ0v) is 18.6. The van der Waals surface area contributed by atoms with Gasteiger partial charge in [0.15, 0.2) is 4.96 Å². The highest BCUT2D eigenvalue weighted by molar-refractivity contribution is 7.15. The number of aryl methyl sites for hydroxylation is 1. The number of carbonyl (C=O) groups excluding carboxylic acids is 2. The minimum atomic E-state index is -0.169. The summed E-state index contributed by atoms with van der Waals surface area (Å²) in [6.45, 7) is 2.23. The summed E-state index contributed by atoms with van der Waals surface area (Å²) in [7, 11) is 0. The van der Waals surface area contributed by atoms with Crippen LogP contribution in [0.25, 0.3) is 16.1 Å². The predicted molar refractivity (Wildman–Crippen MR) is 126 cm³/mol. The van der Waals surface area contributed by atoms with E-state index in [1.54, 1.807) is 0 Å². The van der Waals surface area contributed by atoms with Gasteiger partial charge >= 0.3 is 0 Å². The summed E-state index contributed by atoms with van der Waals surface area (Å²) < 4.78 is 1.82. The van der Waals surface area contributed by atoms with Crippen molar-refractivity contribution in [2.45, 2.75) is 25.8 Å². The lowest BCUT2D eigenvalue weighted by atomic mass is 9.99. The second-order valence-electron chi connectivity index (χ2n) is 8.14. The van der Waals surface area contributed by atoms with Crippen molar-refractivity contribution in [2.24, 2.45) is 5.92 Å². The average molecular weight is 445 g/mol. The van der Waals surface area contributed by atoms with E-state index in [-0.39, 0.29) is 17.9 Å². The van der Waals surface area contributed by atoms with Crippen molar-refractivity contribution in [3.8, 4) is 11.1 Å². The standard InChI is InChI=1S/C25H24N4O2S/c1-16-22(29-13-14-32-25(29)27-16)24(31)26-15-21(18-11-12-18)28-23(30)20-10-6-5-9-19(20)17-7-3-2-4-8-17/h2-10,13-14,18,21H,11-12,15H2,1H3,(H,26,31)(H,28,30). The molecule has 0 bridgehead atoms. The van der Waals surface area contributed by atoms with Crippen LogP contribution in [0.4, 0.5) is 0 Å². The molecule has 1 unspecified atom stereocenters. The lowest BCUT2D eigenvalue weighted by molar-refractivity contribution is 0.0901. The number of nitrogens with zero attached hydrogens (tertiary/aromatic N) is 2. The first-order valence-electron chi connectivity index (χ1n) is 10.8. The van der Waals surface area contributed by atoms with Crippen LogP contribution in [0.2, 0.25) is 0 Å². The lowest BCUT2D eigenvalue weighted by Crippen LogP contribution is -2.45. The molecule has 0 spiro atoms. The molecular weight excluding hydrogens is 420 g/mol. The Morgan fingerprint density at radius 3 is 2.62 bits per heavy atom. The number of benzene rings is 2. The Hall–Kier alpha value is -3.45. The van der Waals surface area contributed by atoms with Crippen molar-refractivity contribution in [2.75, 3.05) is 6.54 Å². The monoisotopic (exact) mass is 444 g/mol. The molecule has 0 radical (unpaired) electrons. The topological polar surface area (TPSA) is 75.5 Å². The van der Waals surface area contributed by atoms with Crippen LogP contribution in [0.3, 0.4) is 0 Å². The van der Waals surface area contributed by atoms with Crippen molar-refractivity contribution in [3.05, 3.63) is 83.1 Å². The van der Waals surface area contributed by atoms with Gasteiger partial charge in [-0.15, -0.1) is 11.3 Å². The fourth-order valence-corrected chi connectivity index (χ4v) is 4.84. The molecule has 162 valence electrons. The molecule has 2 heterocycles. The Labute approximate surface area is 190 Å². The van der Waals surface area contributed by atoms with Gasteiger partial charge in [-0.05, 0) is 42.9 Å². The summed E-state index contributed by atoms with van der Waals surface area (Å²) in [4.78, 5) is 31.4. The molecule has 1 saturated carbocycles. The van der Waals surface area contributed by atoms with Crippen molar-refractivity contribution in [1.82, 2.24) is 20.0 Å². The van der Waals surface area contributed by atoms with E-state index in [4.69, 9.17) is 0 Å². The van der Waals surface area contributed by atoms with E-state index in [9.17, 15) is 9.59 Å². The first-order chi connectivity index (χ1) is 15.6. The summed E-state index contributed by atoms with van der Waals surface area (Å²) in [5.74, 6) is 0.102. The van der Waals surface area contributed by atoms with E-state index in [0.717, 1.165) is 28.9 Å². The van der Waals surface area contributed by atoms with Crippen LogP contribution in [0, 0.1) is 12.8 Å². The Bertz CT molecular complexity index is 1270. The number of hydrogen-bond donors (Lipinski definition) is 2. The van der Waals surface area contributed by atoms with Gasteiger partial charge in [-0.1, -0.05) is 48.5 Å². The molecule has 2 aromatic carbocycles. The SMILES string of the molecule is Cc1nc2sccn2c1C(=O)NCC(NC(=O)c1ccccc1-c1ccccc1)C1CC1. The minimum absolute atomic E-state index is 0.110. The zero-order valence-electron chi connectivity index (χ0n) is 17.7. The molecule has 2 N–H and O–H groups in total. The van der Waals surface area contributed by atoms with Gasteiger partial charge < -0.3 is 10.6 Å². The molecule has 1 fully saturated rings. The highest BCUT2D eigenvalue weighted by atomic mass is 32.1. The summed E-state index contributed by atoms with van der Waals surface area (Å²) in [6.07, 6.45) is 3.97. The number of hydrogen-bond acceptors (Lipinski definition) is 4. The van der Waals surface area contributed by atoms with Crippen LogP contribution in [-0.4, -0.2) is 33.8 Å². The second kappa shape index (κ2) is 8.59. The normalized spacial score (nSPS) is 14.3. The van der Waals surface area contributed by atoms with Gasteiger partial charge in [0, 0.05) is 29.7 Å². The third-order valence-corrected chi connectivity index (χ3v) is 6.65.